The summed E-state index contributed by atoms with van der Waals surface area (Å²) < 4.78 is 0. The fourth-order valence-corrected chi connectivity index (χ4v) is 0. The molecule has 0 aliphatic heterocycles. The Bertz CT molecular complexity index is 8.00. The van der Waals surface area contributed by atoms with Gasteiger partial charge in [0.05, 0.1) is 0 Å². The molecule has 0 saturated carbocycles. The maximum atomic E-state index is 2.47. The van der Waals surface area contributed by atoms with Gasteiger partial charge in [-0.3, -0.25) is 0 Å². The number of hydrogen-bond acceptors (Lipinski definition) is 0. The van der Waals surface area contributed by atoms with Crippen LogP contribution in [-0.4, -0.2) is 0 Å². The minimum atomic E-state index is -0.359. The maximum absolute atomic E-state index is 2.47. The second kappa shape index (κ2) is 4.05. The predicted molar refractivity (Wildman–Crippen MR) is 42.1 cm³/mol. The van der Waals surface area contributed by atoms with Gasteiger partial charge in [0.15, 0.2) is 0 Å². The van der Waals surface area contributed by atoms with Crippen molar-refractivity contribution in [2.45, 2.75) is 0 Å². The third-order valence-corrected chi connectivity index (χ3v) is 0. The Morgan fingerprint density at radius 1 is 1.00 bits per heavy atom. The van der Waals surface area contributed by atoms with Crippen molar-refractivity contribution >= 4 is 58.1 Å². The fraction of sp³-hybridized carbons (Fsp3) is 0. The summed E-state index contributed by atoms with van der Waals surface area (Å²) in [6, 6.07) is 0. The number of halogens is 3. The van der Waals surface area contributed by atoms with Crippen LogP contribution in [0.3, 0.4) is 0 Å². The van der Waals surface area contributed by atoms with Crippen LogP contribution in [0.4, 0.5) is 0 Å². The van der Waals surface area contributed by atoms with Gasteiger partial charge in [-0.1, -0.05) is 0 Å². The molecular weight excluding hydrogens is 576 g/mol. The SMILES string of the molecule is [I][Pt-]([I])[I]. The van der Waals surface area contributed by atoms with E-state index in [1.807, 2.05) is 0 Å². The zero-order valence-corrected chi connectivity index (χ0v) is 10.2. The van der Waals surface area contributed by atoms with Crippen molar-refractivity contribution in [3.8, 4) is 0 Å². The van der Waals surface area contributed by atoms with E-state index >= 15 is 0 Å². The van der Waals surface area contributed by atoms with Crippen LogP contribution < -0.4 is 0 Å². The molecule has 0 aromatic rings. The summed E-state index contributed by atoms with van der Waals surface area (Å²) in [6.07, 6.45) is -0.359. The molecule has 0 radical (unpaired) electrons. The monoisotopic (exact) mass is 576 g/mol. The van der Waals surface area contributed by atoms with Crippen LogP contribution in [0.2, 0.25) is 0 Å². The van der Waals surface area contributed by atoms with E-state index in [0.717, 1.165) is 0 Å². The molecule has 0 rings (SSSR count). The van der Waals surface area contributed by atoms with E-state index < -0.39 is 0 Å². The van der Waals surface area contributed by atoms with Gasteiger partial charge in [-0.15, -0.1) is 0 Å². The molecule has 0 fully saturated rings. The Morgan fingerprint density at radius 2 is 1.00 bits per heavy atom. The zero-order valence-electron chi connectivity index (χ0n) is 1.45. The molecule has 0 amide bonds. The summed E-state index contributed by atoms with van der Waals surface area (Å²) in [5, 5.41) is 0. The molecule has 0 nitrogen and oxygen atoms in total. The van der Waals surface area contributed by atoms with E-state index in [4.69, 9.17) is 0 Å². The van der Waals surface area contributed by atoms with Gasteiger partial charge in [0.1, 0.15) is 0 Å². The van der Waals surface area contributed by atoms with Gasteiger partial charge >= 0.3 is 64.3 Å². The number of rotatable bonds is 0. The van der Waals surface area contributed by atoms with Crippen LogP contribution in [0.5, 0.6) is 0 Å². The second-order valence-corrected chi connectivity index (χ2v) is 49.9. The molecule has 0 N–H and O–H groups in total. The molecule has 0 unspecified atom stereocenters. The van der Waals surface area contributed by atoms with Gasteiger partial charge in [0, 0.05) is 0 Å². The molecule has 0 bridgehead atoms. The summed E-state index contributed by atoms with van der Waals surface area (Å²) in [4.78, 5) is 0. The van der Waals surface area contributed by atoms with Crippen LogP contribution in [0, 0.1) is 0 Å². The minimum absolute atomic E-state index is 0.359. The first-order valence-corrected chi connectivity index (χ1v) is 19.7. The fourth-order valence-electron chi connectivity index (χ4n) is 0. The van der Waals surface area contributed by atoms with E-state index in [2.05, 4.69) is 58.1 Å². The molecule has 0 spiro atoms. The molecule has 0 aromatic heterocycles. The first-order valence-electron chi connectivity index (χ1n) is 0.359. The normalized spacial score (nSPS) is 11.2. The molecule has 0 aromatic carbocycles. The molecule has 0 saturated heterocycles. The van der Waals surface area contributed by atoms with Crippen LogP contribution in [0.25, 0.3) is 0 Å². The third-order valence-electron chi connectivity index (χ3n) is 0. The van der Waals surface area contributed by atoms with Crippen molar-refractivity contribution in [2.24, 2.45) is 0 Å². The quantitative estimate of drug-likeness (QED) is 0.390. The van der Waals surface area contributed by atoms with E-state index in [1.165, 1.54) is 0 Å². The van der Waals surface area contributed by atoms with Gasteiger partial charge < -0.3 is 0 Å². The van der Waals surface area contributed by atoms with Crippen molar-refractivity contribution in [1.29, 1.82) is 0 Å². The summed E-state index contributed by atoms with van der Waals surface area (Å²) in [6.45, 7) is 0. The first kappa shape index (κ1) is 6.88. The van der Waals surface area contributed by atoms with Crippen LogP contribution in [0.1, 0.15) is 0 Å². The van der Waals surface area contributed by atoms with Crippen LogP contribution in [-0.2, 0) is 6.27 Å². The predicted octanol–water partition coefficient (Wildman–Crippen LogP) is 2.65. The Balaban J connectivity index is 2.32. The Hall–Kier alpha value is 2.88. The molecule has 0 heterocycles. The molecular formula is I3Pt-. The number of hydrogen-bond donors (Lipinski definition) is 0. The van der Waals surface area contributed by atoms with E-state index in [1.54, 1.807) is 0 Å². The molecule has 4 heavy (non-hydrogen) atoms. The zero-order chi connectivity index (χ0) is 3.58. The Labute approximate surface area is 62.5 Å². The van der Waals surface area contributed by atoms with E-state index in [-0.39, 0.29) is 6.27 Å². The van der Waals surface area contributed by atoms with Gasteiger partial charge in [0.2, 0.25) is 0 Å². The second-order valence-electron chi connectivity index (χ2n) is 0.136. The van der Waals surface area contributed by atoms with Gasteiger partial charge in [0.25, 0.3) is 0 Å². The molecule has 32 valence electrons. The van der Waals surface area contributed by atoms with Crippen molar-refractivity contribution in [1.82, 2.24) is 0 Å². The topological polar surface area (TPSA) is 0 Å². The molecule has 4 heteroatoms. The Morgan fingerprint density at radius 3 is 1.00 bits per heavy atom. The van der Waals surface area contributed by atoms with Crippen molar-refractivity contribution < 1.29 is 6.27 Å². The Kier molecular flexibility index (Phi) is 6.96. The van der Waals surface area contributed by atoms with E-state index in [0.29, 0.717) is 0 Å². The van der Waals surface area contributed by atoms with Crippen molar-refractivity contribution in [3.05, 3.63) is 0 Å². The standard InChI is InChI=1S/3HI.Pt/h3*1H;/q;;;+2/p-3. The summed E-state index contributed by atoms with van der Waals surface area (Å²) in [5.41, 5.74) is 0. The molecule has 0 atom stereocenters. The van der Waals surface area contributed by atoms with Crippen LogP contribution in [0.15, 0.2) is 0 Å². The summed E-state index contributed by atoms with van der Waals surface area (Å²) in [7, 11) is 0. The average molecular weight is 576 g/mol. The van der Waals surface area contributed by atoms with Crippen molar-refractivity contribution in [2.75, 3.05) is 0 Å². The molecule has 0 aliphatic carbocycles. The third kappa shape index (κ3) is 8.86. The first-order chi connectivity index (χ1) is 1.73. The average Bonchev–Trinajstić information content (AvgIpc) is 0.811. The van der Waals surface area contributed by atoms with Gasteiger partial charge in [-0.25, -0.2) is 0 Å². The van der Waals surface area contributed by atoms with Gasteiger partial charge in [-0.05, 0) is 0 Å². The van der Waals surface area contributed by atoms with Crippen molar-refractivity contribution in [3.63, 3.8) is 0 Å². The summed E-state index contributed by atoms with van der Waals surface area (Å²) in [5.74, 6) is 0. The van der Waals surface area contributed by atoms with E-state index in [9.17, 15) is 0 Å². The van der Waals surface area contributed by atoms with Crippen LogP contribution >= 0.6 is 58.1 Å². The summed E-state index contributed by atoms with van der Waals surface area (Å²) >= 11 is 7.42. The molecule has 0 aliphatic rings. The van der Waals surface area contributed by atoms with Gasteiger partial charge in [-0.2, -0.15) is 0 Å².